The van der Waals surface area contributed by atoms with Gasteiger partial charge in [0.2, 0.25) is 0 Å². The summed E-state index contributed by atoms with van der Waals surface area (Å²) < 4.78 is 10.5. The van der Waals surface area contributed by atoms with Gasteiger partial charge in [-0.05, 0) is 49.6 Å². The van der Waals surface area contributed by atoms with Gasteiger partial charge in [0.05, 0.1) is 18.2 Å². The van der Waals surface area contributed by atoms with Crippen LogP contribution in [0.15, 0.2) is 42.5 Å². The zero-order valence-corrected chi connectivity index (χ0v) is 17.4. The lowest BCUT2D eigenvalue weighted by Crippen LogP contribution is -2.40. The summed E-state index contributed by atoms with van der Waals surface area (Å²) in [6.45, 7) is 5.67. The molecule has 1 heterocycles. The number of nitrogens with one attached hydrogen (secondary N) is 1. The van der Waals surface area contributed by atoms with E-state index in [9.17, 15) is 14.4 Å². The molecule has 30 heavy (non-hydrogen) atoms. The number of para-hydroxylation sites is 2. The lowest BCUT2D eigenvalue weighted by molar-refractivity contribution is -0.148. The first-order valence-corrected chi connectivity index (χ1v) is 9.89. The number of anilines is 1. The topological polar surface area (TPSA) is 84.9 Å². The van der Waals surface area contributed by atoms with Gasteiger partial charge in [0, 0.05) is 6.54 Å². The van der Waals surface area contributed by atoms with E-state index >= 15 is 0 Å². The number of amides is 2. The number of ether oxygens (including phenoxy) is 2. The van der Waals surface area contributed by atoms with Crippen LogP contribution in [0.1, 0.15) is 36.1 Å². The normalized spacial score (nSPS) is 13.8. The Morgan fingerprint density at radius 3 is 2.70 bits per heavy atom. The van der Waals surface area contributed by atoms with Crippen LogP contribution in [-0.4, -0.2) is 37.5 Å². The Morgan fingerprint density at radius 2 is 1.93 bits per heavy atom. The largest absolute Gasteiger partial charge is 0.482 e. The molecule has 0 spiro atoms. The van der Waals surface area contributed by atoms with Crippen molar-refractivity contribution >= 4 is 23.5 Å². The van der Waals surface area contributed by atoms with Crippen LogP contribution in [0.25, 0.3) is 0 Å². The van der Waals surface area contributed by atoms with E-state index in [1.54, 1.807) is 18.2 Å². The van der Waals surface area contributed by atoms with Crippen molar-refractivity contribution in [3.8, 4) is 5.75 Å². The molecule has 0 aromatic heterocycles. The van der Waals surface area contributed by atoms with Crippen LogP contribution >= 0.6 is 0 Å². The van der Waals surface area contributed by atoms with Crippen molar-refractivity contribution < 1.29 is 23.9 Å². The first-order chi connectivity index (χ1) is 14.3. The average Bonchev–Trinajstić information content (AvgIpc) is 2.73. The predicted octanol–water partition coefficient (Wildman–Crippen LogP) is 2.84. The lowest BCUT2D eigenvalue weighted by atomic mass is 10.0. The van der Waals surface area contributed by atoms with Crippen molar-refractivity contribution in [1.82, 2.24) is 5.32 Å². The molecular weight excluding hydrogens is 384 g/mol. The molecule has 0 aliphatic carbocycles. The molecule has 1 N–H and O–H groups in total. The van der Waals surface area contributed by atoms with Crippen molar-refractivity contribution in [2.24, 2.45) is 0 Å². The molecule has 1 aliphatic rings. The molecule has 2 aromatic rings. The highest BCUT2D eigenvalue weighted by Gasteiger charge is 2.25. The van der Waals surface area contributed by atoms with E-state index in [0.717, 1.165) is 11.1 Å². The number of esters is 1. The molecular formula is C23H26N2O5. The molecule has 1 atom stereocenters. The molecule has 0 fully saturated rings. The van der Waals surface area contributed by atoms with Crippen molar-refractivity contribution in [1.29, 1.82) is 0 Å². The maximum Gasteiger partial charge on any atom is 0.308 e. The zero-order valence-electron chi connectivity index (χ0n) is 17.4. The summed E-state index contributed by atoms with van der Waals surface area (Å²) in [5, 5.41) is 2.83. The number of aryl methyl sites for hydroxylation is 2. The number of rotatable bonds is 7. The maximum atomic E-state index is 12.1. The highest BCUT2D eigenvalue weighted by atomic mass is 16.5. The SMILES string of the molecule is Cc1ccc(C(C)NC(=O)COC(=O)CCN2C(=O)COc3ccccc32)cc1C. The predicted molar refractivity (Wildman–Crippen MR) is 112 cm³/mol. The Kier molecular flexibility index (Phi) is 6.72. The minimum absolute atomic E-state index is 0.0138. The fourth-order valence-electron chi connectivity index (χ4n) is 3.22. The van der Waals surface area contributed by atoms with E-state index < -0.39 is 5.97 Å². The molecule has 1 unspecified atom stereocenters. The fourth-order valence-corrected chi connectivity index (χ4v) is 3.22. The highest BCUT2D eigenvalue weighted by molar-refractivity contribution is 5.98. The minimum atomic E-state index is -0.541. The summed E-state index contributed by atoms with van der Waals surface area (Å²) in [6.07, 6.45) is -0.0138. The fraction of sp³-hybridized carbons (Fsp3) is 0.348. The Bertz CT molecular complexity index is 956. The highest BCUT2D eigenvalue weighted by Crippen LogP contribution is 2.31. The minimum Gasteiger partial charge on any atom is -0.482 e. The summed E-state index contributed by atoms with van der Waals surface area (Å²) in [6, 6.07) is 13.0. The monoisotopic (exact) mass is 410 g/mol. The summed E-state index contributed by atoms with van der Waals surface area (Å²) in [5.41, 5.74) is 3.95. The zero-order chi connectivity index (χ0) is 21.7. The van der Waals surface area contributed by atoms with Crippen molar-refractivity contribution in [2.45, 2.75) is 33.2 Å². The van der Waals surface area contributed by atoms with E-state index in [1.807, 2.05) is 45.0 Å². The quantitative estimate of drug-likeness (QED) is 0.710. The Balaban J connectivity index is 1.46. The van der Waals surface area contributed by atoms with Gasteiger partial charge in [-0.25, -0.2) is 0 Å². The van der Waals surface area contributed by atoms with Gasteiger partial charge in [0.25, 0.3) is 11.8 Å². The molecule has 0 saturated heterocycles. The Hall–Kier alpha value is -3.35. The summed E-state index contributed by atoms with van der Waals surface area (Å²) in [4.78, 5) is 37.8. The van der Waals surface area contributed by atoms with E-state index in [2.05, 4.69) is 5.32 Å². The number of hydrogen-bond acceptors (Lipinski definition) is 5. The second kappa shape index (κ2) is 9.43. The first-order valence-electron chi connectivity index (χ1n) is 9.89. The molecule has 0 saturated carbocycles. The molecule has 7 nitrogen and oxygen atoms in total. The first kappa shape index (κ1) is 21.4. The van der Waals surface area contributed by atoms with Crippen LogP contribution in [0.4, 0.5) is 5.69 Å². The van der Waals surface area contributed by atoms with Crippen molar-refractivity contribution in [3.05, 3.63) is 59.2 Å². The van der Waals surface area contributed by atoms with Gasteiger partial charge in [-0.2, -0.15) is 0 Å². The van der Waals surface area contributed by atoms with Gasteiger partial charge in [0.15, 0.2) is 13.2 Å². The van der Waals surface area contributed by atoms with E-state index in [0.29, 0.717) is 11.4 Å². The average molecular weight is 410 g/mol. The number of fused-ring (bicyclic) bond motifs is 1. The van der Waals surface area contributed by atoms with Gasteiger partial charge in [-0.1, -0.05) is 30.3 Å². The molecule has 7 heteroatoms. The van der Waals surface area contributed by atoms with Crippen molar-refractivity contribution in [2.75, 3.05) is 24.7 Å². The number of carbonyl (C=O) groups excluding carboxylic acids is 3. The maximum absolute atomic E-state index is 12.1. The van der Waals surface area contributed by atoms with E-state index in [-0.39, 0.29) is 44.0 Å². The third kappa shape index (κ3) is 5.17. The van der Waals surface area contributed by atoms with Crippen LogP contribution in [0.3, 0.4) is 0 Å². The van der Waals surface area contributed by atoms with Gasteiger partial charge in [-0.3, -0.25) is 14.4 Å². The van der Waals surface area contributed by atoms with Crippen LogP contribution in [-0.2, 0) is 19.1 Å². The van der Waals surface area contributed by atoms with E-state index in [4.69, 9.17) is 9.47 Å². The third-order valence-corrected chi connectivity index (χ3v) is 5.12. The molecule has 1 aliphatic heterocycles. The van der Waals surface area contributed by atoms with E-state index in [1.165, 1.54) is 10.5 Å². The molecule has 2 amide bonds. The molecule has 0 radical (unpaired) electrons. The van der Waals surface area contributed by atoms with Gasteiger partial charge >= 0.3 is 5.97 Å². The second-order valence-electron chi connectivity index (χ2n) is 7.35. The van der Waals surface area contributed by atoms with Crippen LogP contribution in [0.2, 0.25) is 0 Å². The lowest BCUT2D eigenvalue weighted by Gasteiger charge is -2.28. The number of hydrogen-bond donors (Lipinski definition) is 1. The summed E-state index contributed by atoms with van der Waals surface area (Å²) in [7, 11) is 0. The third-order valence-electron chi connectivity index (χ3n) is 5.12. The summed E-state index contributed by atoms with van der Waals surface area (Å²) >= 11 is 0. The second-order valence-corrected chi connectivity index (χ2v) is 7.35. The Morgan fingerprint density at radius 1 is 1.17 bits per heavy atom. The molecule has 3 rings (SSSR count). The number of nitrogens with zero attached hydrogens (tertiary/aromatic N) is 1. The van der Waals surface area contributed by atoms with Gasteiger partial charge < -0.3 is 19.7 Å². The Labute approximate surface area is 176 Å². The van der Waals surface area contributed by atoms with Crippen LogP contribution in [0.5, 0.6) is 5.75 Å². The number of carbonyl (C=O) groups is 3. The number of benzene rings is 2. The standard InChI is InChI=1S/C23H26N2O5/c1-15-8-9-18(12-16(15)2)17(3)24-21(26)13-30-23(28)10-11-25-19-6-4-5-7-20(19)29-14-22(25)27/h4-9,12,17H,10-11,13-14H2,1-3H3,(H,24,26). The molecule has 0 bridgehead atoms. The van der Waals surface area contributed by atoms with Crippen LogP contribution < -0.4 is 15.0 Å². The van der Waals surface area contributed by atoms with Crippen molar-refractivity contribution in [3.63, 3.8) is 0 Å². The smallest absolute Gasteiger partial charge is 0.308 e. The van der Waals surface area contributed by atoms with Gasteiger partial charge in [0.1, 0.15) is 5.75 Å². The van der Waals surface area contributed by atoms with Crippen LogP contribution in [0, 0.1) is 13.8 Å². The summed E-state index contributed by atoms with van der Waals surface area (Å²) in [5.74, 6) is -0.533. The van der Waals surface area contributed by atoms with Gasteiger partial charge in [-0.15, -0.1) is 0 Å². The molecule has 158 valence electrons. The molecule has 2 aromatic carbocycles.